The van der Waals surface area contributed by atoms with Crippen molar-refractivity contribution in [2.75, 3.05) is 17.7 Å². The van der Waals surface area contributed by atoms with E-state index in [9.17, 15) is 18.0 Å². The van der Waals surface area contributed by atoms with Gasteiger partial charge in [0.2, 0.25) is 5.91 Å². The van der Waals surface area contributed by atoms with E-state index in [1.807, 2.05) is 0 Å². The van der Waals surface area contributed by atoms with Crippen molar-refractivity contribution in [2.45, 2.75) is 18.7 Å². The molecule has 0 aliphatic rings. The summed E-state index contributed by atoms with van der Waals surface area (Å²) in [6.07, 6.45) is 0. The van der Waals surface area contributed by atoms with Crippen LogP contribution in [-0.4, -0.2) is 37.6 Å². The van der Waals surface area contributed by atoms with E-state index in [0.29, 0.717) is 5.69 Å². The standard InChI is InChI=1S/C15H16N2O5S2/c1-3-22-14(19)13-10(2)16-15(23-13)17-12(18)9-24(20,21)11-7-5-4-6-8-11/h4-8H,3,9H2,1-2H3,(H,16,17,18). The van der Waals surface area contributed by atoms with Crippen LogP contribution in [0.1, 0.15) is 22.3 Å². The summed E-state index contributed by atoms with van der Waals surface area (Å²) in [5.41, 5.74) is 0.416. The summed E-state index contributed by atoms with van der Waals surface area (Å²) in [5.74, 6) is -1.95. The molecule has 0 radical (unpaired) electrons. The third-order valence-electron chi connectivity index (χ3n) is 2.93. The van der Waals surface area contributed by atoms with Crippen LogP contribution < -0.4 is 5.32 Å². The van der Waals surface area contributed by atoms with E-state index in [1.165, 1.54) is 12.1 Å². The minimum Gasteiger partial charge on any atom is -0.462 e. The Hall–Kier alpha value is -2.26. The molecule has 1 N–H and O–H groups in total. The van der Waals surface area contributed by atoms with Gasteiger partial charge >= 0.3 is 5.97 Å². The molecule has 1 heterocycles. The van der Waals surface area contributed by atoms with Gasteiger partial charge in [-0.3, -0.25) is 4.79 Å². The second-order valence-electron chi connectivity index (χ2n) is 4.77. The summed E-state index contributed by atoms with van der Waals surface area (Å²) in [5, 5.41) is 2.56. The third-order valence-corrected chi connectivity index (χ3v) is 5.61. The van der Waals surface area contributed by atoms with Crippen LogP contribution in [0.4, 0.5) is 5.13 Å². The molecule has 1 amide bonds. The van der Waals surface area contributed by atoms with Gasteiger partial charge in [0.1, 0.15) is 10.6 Å². The number of benzene rings is 1. The Balaban J connectivity index is 2.08. The van der Waals surface area contributed by atoms with Crippen LogP contribution in [0.25, 0.3) is 0 Å². The highest BCUT2D eigenvalue weighted by atomic mass is 32.2. The average molecular weight is 368 g/mol. The second kappa shape index (κ2) is 7.54. The first-order chi connectivity index (χ1) is 11.3. The molecule has 7 nitrogen and oxygen atoms in total. The highest BCUT2D eigenvalue weighted by molar-refractivity contribution is 7.92. The van der Waals surface area contributed by atoms with E-state index < -0.39 is 27.5 Å². The first kappa shape index (κ1) is 18.1. The van der Waals surface area contributed by atoms with Crippen LogP contribution in [0, 0.1) is 6.92 Å². The van der Waals surface area contributed by atoms with E-state index in [0.717, 1.165) is 11.3 Å². The molecule has 0 bridgehead atoms. The van der Waals surface area contributed by atoms with Gasteiger partial charge in [0.25, 0.3) is 0 Å². The summed E-state index contributed by atoms with van der Waals surface area (Å²) in [6.45, 7) is 3.53. The van der Waals surface area contributed by atoms with Gasteiger partial charge in [-0.2, -0.15) is 0 Å². The molecule has 0 aliphatic carbocycles. The first-order valence-electron chi connectivity index (χ1n) is 7.05. The first-order valence-corrected chi connectivity index (χ1v) is 9.52. The number of anilines is 1. The van der Waals surface area contributed by atoms with Crippen molar-refractivity contribution in [3.05, 3.63) is 40.9 Å². The van der Waals surface area contributed by atoms with E-state index in [1.54, 1.807) is 32.0 Å². The molecule has 1 aromatic carbocycles. The number of carbonyl (C=O) groups excluding carboxylic acids is 2. The molecule has 0 spiro atoms. The number of rotatable bonds is 6. The minimum absolute atomic E-state index is 0.0719. The Morgan fingerprint density at radius 3 is 2.54 bits per heavy atom. The number of sulfone groups is 1. The lowest BCUT2D eigenvalue weighted by Crippen LogP contribution is -2.22. The minimum atomic E-state index is -3.73. The maximum Gasteiger partial charge on any atom is 0.350 e. The number of esters is 1. The van der Waals surface area contributed by atoms with Crippen molar-refractivity contribution in [3.8, 4) is 0 Å². The molecule has 0 saturated carbocycles. The Morgan fingerprint density at radius 1 is 1.25 bits per heavy atom. The quantitative estimate of drug-likeness (QED) is 0.783. The predicted molar refractivity (Wildman–Crippen MR) is 89.9 cm³/mol. The van der Waals surface area contributed by atoms with Crippen molar-refractivity contribution in [1.29, 1.82) is 0 Å². The van der Waals surface area contributed by atoms with Crippen LogP contribution in [0.2, 0.25) is 0 Å². The fourth-order valence-corrected chi connectivity index (χ4v) is 3.91. The number of nitrogens with zero attached hydrogens (tertiary/aromatic N) is 1. The molecule has 0 fully saturated rings. The second-order valence-corrected chi connectivity index (χ2v) is 7.76. The van der Waals surface area contributed by atoms with Crippen LogP contribution in [0.5, 0.6) is 0 Å². The summed E-state index contributed by atoms with van der Waals surface area (Å²) in [6, 6.07) is 7.71. The molecule has 0 aliphatic heterocycles. The van der Waals surface area contributed by atoms with Gasteiger partial charge in [-0.25, -0.2) is 18.2 Å². The van der Waals surface area contributed by atoms with Gasteiger partial charge in [0.05, 0.1) is 17.2 Å². The summed E-state index contributed by atoms with van der Waals surface area (Å²) >= 11 is 0.945. The number of aryl methyl sites for hydroxylation is 1. The molecule has 2 aromatic rings. The number of aromatic nitrogens is 1. The average Bonchev–Trinajstić information content (AvgIpc) is 2.88. The van der Waals surface area contributed by atoms with Crippen LogP contribution in [-0.2, 0) is 19.4 Å². The summed E-state index contributed by atoms with van der Waals surface area (Å²) < 4.78 is 29.2. The number of hydrogen-bond donors (Lipinski definition) is 1. The predicted octanol–water partition coefficient (Wildman–Crippen LogP) is 2.04. The van der Waals surface area contributed by atoms with E-state index >= 15 is 0 Å². The smallest absolute Gasteiger partial charge is 0.350 e. The van der Waals surface area contributed by atoms with Crippen molar-refractivity contribution in [2.24, 2.45) is 0 Å². The zero-order valence-electron chi connectivity index (χ0n) is 13.1. The fraction of sp³-hybridized carbons (Fsp3) is 0.267. The molecule has 2 rings (SSSR count). The Labute approximate surface area is 143 Å². The fourth-order valence-electron chi connectivity index (χ4n) is 1.88. The lowest BCUT2D eigenvalue weighted by atomic mass is 10.4. The molecular formula is C15H16N2O5S2. The van der Waals surface area contributed by atoms with Gasteiger partial charge in [-0.1, -0.05) is 29.5 Å². The van der Waals surface area contributed by atoms with Crippen molar-refractivity contribution in [3.63, 3.8) is 0 Å². The zero-order valence-corrected chi connectivity index (χ0v) is 14.7. The van der Waals surface area contributed by atoms with Crippen molar-refractivity contribution < 1.29 is 22.7 Å². The van der Waals surface area contributed by atoms with Crippen LogP contribution in [0.15, 0.2) is 35.2 Å². The highest BCUT2D eigenvalue weighted by Crippen LogP contribution is 2.23. The number of thiazole rings is 1. The molecule has 0 atom stereocenters. The van der Waals surface area contributed by atoms with Gasteiger partial charge in [0.15, 0.2) is 15.0 Å². The molecule has 1 aromatic heterocycles. The highest BCUT2D eigenvalue weighted by Gasteiger charge is 2.21. The molecule has 24 heavy (non-hydrogen) atoms. The molecule has 9 heteroatoms. The molecule has 0 unspecified atom stereocenters. The zero-order chi connectivity index (χ0) is 17.7. The van der Waals surface area contributed by atoms with Gasteiger partial charge in [0, 0.05) is 0 Å². The van der Waals surface area contributed by atoms with Gasteiger partial charge < -0.3 is 10.1 Å². The van der Waals surface area contributed by atoms with Gasteiger partial charge in [-0.05, 0) is 26.0 Å². The summed E-state index contributed by atoms with van der Waals surface area (Å²) in [4.78, 5) is 28.1. The molecule has 128 valence electrons. The largest absolute Gasteiger partial charge is 0.462 e. The maximum atomic E-state index is 12.1. The van der Waals surface area contributed by atoms with E-state index in [4.69, 9.17) is 4.74 Å². The van der Waals surface area contributed by atoms with E-state index in [-0.39, 0.29) is 21.5 Å². The Morgan fingerprint density at radius 2 is 1.92 bits per heavy atom. The SMILES string of the molecule is CCOC(=O)c1sc(NC(=O)CS(=O)(=O)c2ccccc2)nc1C. The lowest BCUT2D eigenvalue weighted by Gasteiger charge is -2.04. The van der Waals surface area contributed by atoms with Crippen LogP contribution in [0.3, 0.4) is 0 Å². The number of carbonyl (C=O) groups is 2. The number of amides is 1. The third kappa shape index (κ3) is 4.39. The number of ether oxygens (including phenoxy) is 1. The van der Waals surface area contributed by atoms with Crippen molar-refractivity contribution in [1.82, 2.24) is 4.98 Å². The van der Waals surface area contributed by atoms with Crippen LogP contribution >= 0.6 is 11.3 Å². The van der Waals surface area contributed by atoms with Crippen molar-refractivity contribution >= 4 is 38.2 Å². The maximum absolute atomic E-state index is 12.1. The topological polar surface area (TPSA) is 102 Å². The normalized spacial score (nSPS) is 11.1. The van der Waals surface area contributed by atoms with Gasteiger partial charge in [-0.15, -0.1) is 0 Å². The molecular weight excluding hydrogens is 352 g/mol. The molecule has 0 saturated heterocycles. The van der Waals surface area contributed by atoms with E-state index in [2.05, 4.69) is 10.3 Å². The number of nitrogens with one attached hydrogen (secondary N) is 1. The Bertz CT molecular complexity index is 844. The monoisotopic (exact) mass is 368 g/mol. The summed E-state index contributed by atoms with van der Waals surface area (Å²) in [7, 11) is -3.73. The Kier molecular flexibility index (Phi) is 5.68. The lowest BCUT2D eigenvalue weighted by molar-refractivity contribution is -0.113. The number of hydrogen-bond acceptors (Lipinski definition) is 7.